The number of aryl methyl sites for hydroxylation is 1. The van der Waals surface area contributed by atoms with Crippen molar-refractivity contribution in [1.82, 2.24) is 5.32 Å². The van der Waals surface area contributed by atoms with Gasteiger partial charge in [0.25, 0.3) is 0 Å². The van der Waals surface area contributed by atoms with Crippen LogP contribution in [0.3, 0.4) is 0 Å². The van der Waals surface area contributed by atoms with Crippen LogP contribution in [0.25, 0.3) is 0 Å². The molecule has 1 aliphatic rings. The van der Waals surface area contributed by atoms with Crippen LogP contribution in [0, 0.1) is 5.92 Å². The zero-order valence-corrected chi connectivity index (χ0v) is 13.2. The monoisotopic (exact) mass is 289 g/mol. The highest BCUT2D eigenvalue weighted by molar-refractivity contribution is 5.76. The molecule has 0 spiro atoms. The lowest BCUT2D eigenvalue weighted by Crippen LogP contribution is -2.40. The third-order valence-corrected chi connectivity index (χ3v) is 4.49. The second-order valence-corrected chi connectivity index (χ2v) is 6.14. The molecule has 1 N–H and O–H groups in total. The van der Waals surface area contributed by atoms with E-state index < -0.39 is 0 Å². The van der Waals surface area contributed by atoms with E-state index in [2.05, 4.69) is 24.4 Å². The smallest absolute Gasteiger partial charge is 0.220 e. The molecule has 2 unspecified atom stereocenters. The van der Waals surface area contributed by atoms with Crippen LogP contribution in [0.4, 0.5) is 0 Å². The van der Waals surface area contributed by atoms with E-state index in [1.807, 2.05) is 12.1 Å². The van der Waals surface area contributed by atoms with Gasteiger partial charge in [-0.15, -0.1) is 0 Å². The second-order valence-electron chi connectivity index (χ2n) is 6.14. The number of rotatable bonds is 6. The van der Waals surface area contributed by atoms with Gasteiger partial charge in [0.2, 0.25) is 5.91 Å². The van der Waals surface area contributed by atoms with Crippen molar-refractivity contribution >= 4 is 5.91 Å². The standard InChI is InChI=1S/C18H27NO2/c1-14-6-3-4-8-17(14)19-18(20)9-5-7-15-10-12-16(21-2)13-11-15/h10-14,17H,3-9H2,1-2H3,(H,19,20). The quantitative estimate of drug-likeness (QED) is 0.867. The van der Waals surface area contributed by atoms with Gasteiger partial charge in [-0.3, -0.25) is 4.79 Å². The molecule has 0 saturated heterocycles. The van der Waals surface area contributed by atoms with Gasteiger partial charge in [0, 0.05) is 12.5 Å². The molecule has 0 aliphatic heterocycles. The molecular formula is C18H27NO2. The molecule has 1 aromatic rings. The molecule has 1 amide bonds. The first-order chi connectivity index (χ1) is 10.2. The lowest BCUT2D eigenvalue weighted by Gasteiger charge is -2.29. The molecule has 1 saturated carbocycles. The average Bonchev–Trinajstić information content (AvgIpc) is 2.50. The van der Waals surface area contributed by atoms with E-state index >= 15 is 0 Å². The Morgan fingerprint density at radius 2 is 1.95 bits per heavy atom. The van der Waals surface area contributed by atoms with Crippen molar-refractivity contribution in [3.8, 4) is 5.75 Å². The Morgan fingerprint density at radius 1 is 1.24 bits per heavy atom. The van der Waals surface area contributed by atoms with Gasteiger partial charge < -0.3 is 10.1 Å². The van der Waals surface area contributed by atoms with Crippen LogP contribution in [0.1, 0.15) is 51.0 Å². The van der Waals surface area contributed by atoms with E-state index in [1.165, 1.54) is 24.8 Å². The first-order valence-electron chi connectivity index (χ1n) is 8.11. The molecular weight excluding hydrogens is 262 g/mol. The van der Waals surface area contributed by atoms with Crippen LogP contribution < -0.4 is 10.1 Å². The van der Waals surface area contributed by atoms with Gasteiger partial charge >= 0.3 is 0 Å². The van der Waals surface area contributed by atoms with Gasteiger partial charge in [-0.1, -0.05) is 31.9 Å². The molecule has 3 heteroatoms. The first-order valence-corrected chi connectivity index (χ1v) is 8.11. The molecule has 0 aromatic heterocycles. The Kier molecular flexibility index (Phi) is 6.09. The third kappa shape index (κ3) is 5.07. The number of benzene rings is 1. The van der Waals surface area contributed by atoms with E-state index in [0.717, 1.165) is 25.0 Å². The molecule has 21 heavy (non-hydrogen) atoms. The van der Waals surface area contributed by atoms with Crippen LogP contribution in [0.15, 0.2) is 24.3 Å². The second kappa shape index (κ2) is 8.06. The molecule has 116 valence electrons. The van der Waals surface area contributed by atoms with Gasteiger partial charge in [0.05, 0.1) is 7.11 Å². The Hall–Kier alpha value is -1.51. The van der Waals surface area contributed by atoms with Gasteiger partial charge in [0.15, 0.2) is 0 Å². The summed E-state index contributed by atoms with van der Waals surface area (Å²) < 4.78 is 5.14. The predicted octanol–water partition coefficient (Wildman–Crippen LogP) is 3.71. The minimum atomic E-state index is 0.210. The van der Waals surface area contributed by atoms with E-state index in [9.17, 15) is 4.79 Å². The van der Waals surface area contributed by atoms with Gasteiger partial charge in [-0.05, 0) is 49.3 Å². The summed E-state index contributed by atoms with van der Waals surface area (Å²) in [5.41, 5.74) is 1.26. The highest BCUT2D eigenvalue weighted by Gasteiger charge is 2.22. The van der Waals surface area contributed by atoms with Gasteiger partial charge in [-0.25, -0.2) is 0 Å². The van der Waals surface area contributed by atoms with Crippen molar-refractivity contribution in [3.05, 3.63) is 29.8 Å². The highest BCUT2D eigenvalue weighted by atomic mass is 16.5. The minimum Gasteiger partial charge on any atom is -0.497 e. The van der Waals surface area contributed by atoms with Gasteiger partial charge in [0.1, 0.15) is 5.75 Å². The highest BCUT2D eigenvalue weighted by Crippen LogP contribution is 2.23. The summed E-state index contributed by atoms with van der Waals surface area (Å²) in [6.07, 6.45) is 7.42. The number of carbonyl (C=O) groups is 1. The van der Waals surface area contributed by atoms with E-state index in [0.29, 0.717) is 18.4 Å². The number of methoxy groups -OCH3 is 1. The summed E-state index contributed by atoms with van der Waals surface area (Å²) in [5.74, 6) is 1.72. The summed E-state index contributed by atoms with van der Waals surface area (Å²) >= 11 is 0. The van der Waals surface area contributed by atoms with Crippen LogP contribution in [0.2, 0.25) is 0 Å². The summed E-state index contributed by atoms with van der Waals surface area (Å²) in [6, 6.07) is 8.48. The van der Waals surface area contributed by atoms with Crippen LogP contribution in [0.5, 0.6) is 5.75 Å². The number of amides is 1. The summed E-state index contributed by atoms with van der Waals surface area (Å²) in [4.78, 5) is 12.0. The van der Waals surface area contributed by atoms with E-state index in [1.54, 1.807) is 7.11 Å². The average molecular weight is 289 g/mol. The zero-order chi connectivity index (χ0) is 15.1. The lowest BCUT2D eigenvalue weighted by atomic mass is 9.86. The molecule has 2 rings (SSSR count). The molecule has 1 fully saturated rings. The maximum Gasteiger partial charge on any atom is 0.220 e. The molecule has 0 bridgehead atoms. The van der Waals surface area contributed by atoms with Crippen molar-refractivity contribution in [2.24, 2.45) is 5.92 Å². The Balaban J connectivity index is 1.68. The van der Waals surface area contributed by atoms with Crippen LogP contribution in [-0.4, -0.2) is 19.1 Å². The first kappa shape index (κ1) is 15.9. The predicted molar refractivity (Wildman–Crippen MR) is 85.5 cm³/mol. The van der Waals surface area contributed by atoms with E-state index in [-0.39, 0.29) is 5.91 Å². The number of hydrogen-bond acceptors (Lipinski definition) is 2. The lowest BCUT2D eigenvalue weighted by molar-refractivity contribution is -0.122. The van der Waals surface area contributed by atoms with Crippen molar-refractivity contribution in [2.75, 3.05) is 7.11 Å². The minimum absolute atomic E-state index is 0.210. The molecule has 2 atom stereocenters. The topological polar surface area (TPSA) is 38.3 Å². The van der Waals surface area contributed by atoms with Crippen LogP contribution in [-0.2, 0) is 11.2 Å². The Bertz CT molecular complexity index is 441. The van der Waals surface area contributed by atoms with E-state index in [4.69, 9.17) is 4.74 Å². The number of carbonyl (C=O) groups excluding carboxylic acids is 1. The molecule has 1 aliphatic carbocycles. The van der Waals surface area contributed by atoms with Crippen molar-refractivity contribution in [3.63, 3.8) is 0 Å². The van der Waals surface area contributed by atoms with Crippen molar-refractivity contribution in [1.29, 1.82) is 0 Å². The Morgan fingerprint density at radius 3 is 2.62 bits per heavy atom. The molecule has 3 nitrogen and oxygen atoms in total. The largest absolute Gasteiger partial charge is 0.497 e. The fraction of sp³-hybridized carbons (Fsp3) is 0.611. The fourth-order valence-electron chi connectivity index (χ4n) is 3.05. The number of hydrogen-bond donors (Lipinski definition) is 1. The van der Waals surface area contributed by atoms with Crippen molar-refractivity contribution in [2.45, 2.75) is 57.9 Å². The maximum atomic E-state index is 12.0. The number of nitrogens with one attached hydrogen (secondary N) is 1. The normalized spacial score (nSPS) is 21.8. The molecule has 0 radical (unpaired) electrons. The molecule has 1 aromatic carbocycles. The third-order valence-electron chi connectivity index (χ3n) is 4.49. The molecule has 0 heterocycles. The van der Waals surface area contributed by atoms with Gasteiger partial charge in [-0.2, -0.15) is 0 Å². The number of ether oxygens (including phenoxy) is 1. The van der Waals surface area contributed by atoms with Crippen molar-refractivity contribution < 1.29 is 9.53 Å². The summed E-state index contributed by atoms with van der Waals surface area (Å²) in [7, 11) is 1.67. The zero-order valence-electron chi connectivity index (χ0n) is 13.2. The SMILES string of the molecule is COc1ccc(CCCC(=O)NC2CCCCC2C)cc1. The summed E-state index contributed by atoms with van der Waals surface area (Å²) in [6.45, 7) is 2.25. The fourth-order valence-corrected chi connectivity index (χ4v) is 3.05. The summed E-state index contributed by atoms with van der Waals surface area (Å²) in [5, 5.41) is 3.21. The Labute approximate surface area is 128 Å². The maximum absolute atomic E-state index is 12.0. The van der Waals surface area contributed by atoms with Crippen LogP contribution >= 0.6 is 0 Å².